The summed E-state index contributed by atoms with van der Waals surface area (Å²) < 4.78 is 27.0. The molecule has 28 heavy (non-hydrogen) atoms. The number of nitrogens with one attached hydrogen (secondary N) is 2. The van der Waals surface area contributed by atoms with Gasteiger partial charge in [-0.15, -0.1) is 0 Å². The van der Waals surface area contributed by atoms with Crippen molar-refractivity contribution in [2.24, 2.45) is 0 Å². The first-order valence-corrected chi connectivity index (χ1v) is 10.6. The van der Waals surface area contributed by atoms with Gasteiger partial charge in [-0.25, -0.2) is 8.42 Å². The van der Waals surface area contributed by atoms with E-state index in [-0.39, 0.29) is 47.9 Å². The molecule has 10 heteroatoms. The minimum atomic E-state index is -3.77. The van der Waals surface area contributed by atoms with Crippen LogP contribution in [0.15, 0.2) is 29.2 Å². The summed E-state index contributed by atoms with van der Waals surface area (Å²) in [6.45, 7) is 2.39. The average Bonchev–Trinajstić information content (AvgIpc) is 3.50. The first-order valence-electron chi connectivity index (χ1n) is 9.20. The first-order chi connectivity index (χ1) is 13.3. The van der Waals surface area contributed by atoms with Gasteiger partial charge < -0.3 is 15.5 Å². The van der Waals surface area contributed by atoms with Gasteiger partial charge in [-0.1, -0.05) is 6.07 Å². The molecule has 1 aromatic rings. The van der Waals surface area contributed by atoms with E-state index in [0.717, 1.165) is 12.8 Å². The number of nitrogens with zero attached hydrogens (tertiary/aromatic N) is 2. The lowest BCUT2D eigenvalue weighted by Gasteiger charge is -2.33. The normalized spacial score (nSPS) is 17.8. The van der Waals surface area contributed by atoms with Crippen molar-refractivity contribution in [2.75, 3.05) is 32.7 Å². The van der Waals surface area contributed by atoms with E-state index in [0.29, 0.717) is 13.1 Å². The second-order valence-electron chi connectivity index (χ2n) is 6.96. The molecule has 0 atom stereocenters. The number of piperazine rings is 1. The lowest BCUT2D eigenvalue weighted by Crippen LogP contribution is -2.49. The predicted molar refractivity (Wildman–Crippen MR) is 101 cm³/mol. The van der Waals surface area contributed by atoms with Crippen molar-refractivity contribution in [3.05, 3.63) is 29.8 Å². The summed E-state index contributed by atoms with van der Waals surface area (Å²) in [7, 11) is -3.77. The second kappa shape index (κ2) is 8.27. The van der Waals surface area contributed by atoms with Gasteiger partial charge in [0.1, 0.15) is 0 Å². The molecular formula is C18H24N4O5S. The lowest BCUT2D eigenvalue weighted by atomic mass is 10.2. The molecule has 0 unspecified atom stereocenters. The zero-order valence-corrected chi connectivity index (χ0v) is 16.5. The molecule has 1 aliphatic heterocycles. The molecule has 1 saturated heterocycles. The number of carbonyl (C=O) groups excluding carboxylic acids is 3. The maximum Gasteiger partial charge on any atom is 0.251 e. The van der Waals surface area contributed by atoms with E-state index in [1.165, 1.54) is 35.5 Å². The van der Waals surface area contributed by atoms with Crippen molar-refractivity contribution >= 4 is 27.7 Å². The molecule has 3 amide bonds. The van der Waals surface area contributed by atoms with Crippen LogP contribution in [0.4, 0.5) is 0 Å². The maximum atomic E-state index is 12.9. The predicted octanol–water partition coefficient (Wildman–Crippen LogP) is -0.452. The fourth-order valence-electron chi connectivity index (χ4n) is 2.96. The Hall–Kier alpha value is -2.46. The summed E-state index contributed by atoms with van der Waals surface area (Å²) in [5.74, 6) is -0.853. The third kappa shape index (κ3) is 4.87. The topological polar surface area (TPSA) is 116 Å². The highest BCUT2D eigenvalue weighted by Gasteiger charge is 2.29. The van der Waals surface area contributed by atoms with Gasteiger partial charge in [0.15, 0.2) is 0 Å². The van der Waals surface area contributed by atoms with Crippen LogP contribution in [-0.2, 0) is 19.6 Å². The fraction of sp³-hybridized carbons (Fsp3) is 0.500. The molecule has 2 N–H and O–H groups in total. The quantitative estimate of drug-likeness (QED) is 0.661. The Morgan fingerprint density at radius 2 is 1.79 bits per heavy atom. The van der Waals surface area contributed by atoms with Crippen molar-refractivity contribution in [3.8, 4) is 0 Å². The third-order valence-electron chi connectivity index (χ3n) is 4.77. The zero-order chi connectivity index (χ0) is 20.3. The number of rotatable bonds is 6. The standard InChI is InChI=1S/C18H24N4O5S/c1-13(23)21-7-9-22(10-8-21)28(26,27)16-4-2-3-14(11-16)18(25)19-12-17(24)20-15-5-6-15/h2-4,11,15H,5-10,12H2,1H3,(H,19,25)(H,20,24). The Bertz CT molecular complexity index is 874. The minimum Gasteiger partial charge on any atom is -0.352 e. The summed E-state index contributed by atoms with van der Waals surface area (Å²) in [5, 5.41) is 5.27. The molecule has 2 fully saturated rings. The van der Waals surface area contributed by atoms with Crippen LogP contribution in [0, 0.1) is 0 Å². The number of amides is 3. The summed E-state index contributed by atoms with van der Waals surface area (Å²) >= 11 is 0. The number of benzene rings is 1. The Balaban J connectivity index is 1.63. The highest BCUT2D eigenvalue weighted by atomic mass is 32.2. The van der Waals surface area contributed by atoms with Crippen LogP contribution in [0.3, 0.4) is 0 Å². The monoisotopic (exact) mass is 408 g/mol. The molecule has 0 bridgehead atoms. The van der Waals surface area contributed by atoms with E-state index in [1.54, 1.807) is 4.90 Å². The van der Waals surface area contributed by atoms with Gasteiger partial charge in [0, 0.05) is 44.7 Å². The molecular weight excluding hydrogens is 384 g/mol. The van der Waals surface area contributed by atoms with Crippen LogP contribution < -0.4 is 10.6 Å². The maximum absolute atomic E-state index is 12.9. The van der Waals surface area contributed by atoms with Crippen molar-refractivity contribution in [1.29, 1.82) is 0 Å². The molecule has 152 valence electrons. The summed E-state index contributed by atoms with van der Waals surface area (Å²) in [6.07, 6.45) is 1.92. The molecule has 1 aliphatic carbocycles. The Kier molecular flexibility index (Phi) is 5.99. The molecule has 1 aromatic carbocycles. The van der Waals surface area contributed by atoms with Gasteiger partial charge in [0.2, 0.25) is 21.8 Å². The molecule has 0 aromatic heterocycles. The van der Waals surface area contributed by atoms with Crippen LogP contribution in [0.2, 0.25) is 0 Å². The Morgan fingerprint density at radius 1 is 1.11 bits per heavy atom. The van der Waals surface area contributed by atoms with Crippen LogP contribution in [0.5, 0.6) is 0 Å². The second-order valence-corrected chi connectivity index (χ2v) is 8.90. The van der Waals surface area contributed by atoms with E-state index in [2.05, 4.69) is 10.6 Å². The Labute approximate surface area is 164 Å². The van der Waals surface area contributed by atoms with Crippen molar-refractivity contribution in [3.63, 3.8) is 0 Å². The minimum absolute atomic E-state index is 0.0128. The summed E-state index contributed by atoms with van der Waals surface area (Å²) in [6, 6.07) is 5.95. The van der Waals surface area contributed by atoms with E-state index in [1.807, 2.05) is 0 Å². The molecule has 1 saturated carbocycles. The first kappa shape index (κ1) is 20.3. The van der Waals surface area contributed by atoms with E-state index in [4.69, 9.17) is 0 Å². The van der Waals surface area contributed by atoms with Gasteiger partial charge in [-0.3, -0.25) is 14.4 Å². The largest absolute Gasteiger partial charge is 0.352 e. The molecule has 0 spiro atoms. The molecule has 2 aliphatic rings. The van der Waals surface area contributed by atoms with Gasteiger partial charge in [-0.05, 0) is 31.0 Å². The van der Waals surface area contributed by atoms with Crippen molar-refractivity contribution in [2.45, 2.75) is 30.7 Å². The highest BCUT2D eigenvalue weighted by molar-refractivity contribution is 7.89. The molecule has 9 nitrogen and oxygen atoms in total. The molecule has 1 heterocycles. The summed E-state index contributed by atoms with van der Waals surface area (Å²) in [4.78, 5) is 37.0. The van der Waals surface area contributed by atoms with Gasteiger partial charge in [0.25, 0.3) is 5.91 Å². The number of hydrogen-bond donors (Lipinski definition) is 2. The smallest absolute Gasteiger partial charge is 0.251 e. The van der Waals surface area contributed by atoms with Crippen LogP contribution in [0.25, 0.3) is 0 Å². The van der Waals surface area contributed by atoms with Gasteiger partial charge in [-0.2, -0.15) is 4.31 Å². The SMILES string of the molecule is CC(=O)N1CCN(S(=O)(=O)c2cccc(C(=O)NCC(=O)NC3CC3)c2)CC1. The van der Waals surface area contributed by atoms with Crippen molar-refractivity contribution in [1.82, 2.24) is 19.8 Å². The lowest BCUT2D eigenvalue weighted by molar-refractivity contribution is -0.130. The number of hydrogen-bond acceptors (Lipinski definition) is 5. The van der Waals surface area contributed by atoms with Crippen LogP contribution in [0.1, 0.15) is 30.1 Å². The number of carbonyl (C=O) groups is 3. The Morgan fingerprint density at radius 3 is 2.39 bits per heavy atom. The van der Waals surface area contributed by atoms with Crippen LogP contribution >= 0.6 is 0 Å². The molecule has 0 radical (unpaired) electrons. The number of sulfonamides is 1. The van der Waals surface area contributed by atoms with Crippen LogP contribution in [-0.4, -0.2) is 74.1 Å². The van der Waals surface area contributed by atoms with E-state index < -0.39 is 15.9 Å². The molecule has 3 rings (SSSR count). The van der Waals surface area contributed by atoms with Gasteiger partial charge in [0.05, 0.1) is 11.4 Å². The average molecular weight is 408 g/mol. The van der Waals surface area contributed by atoms with Crippen molar-refractivity contribution < 1.29 is 22.8 Å². The zero-order valence-electron chi connectivity index (χ0n) is 15.7. The highest BCUT2D eigenvalue weighted by Crippen LogP contribution is 2.19. The third-order valence-corrected chi connectivity index (χ3v) is 6.66. The summed E-state index contributed by atoms with van der Waals surface area (Å²) in [5.41, 5.74) is 0.169. The van der Waals surface area contributed by atoms with Gasteiger partial charge >= 0.3 is 0 Å². The van der Waals surface area contributed by atoms with E-state index >= 15 is 0 Å². The fourth-order valence-corrected chi connectivity index (χ4v) is 4.43. The van der Waals surface area contributed by atoms with E-state index in [9.17, 15) is 22.8 Å².